The highest BCUT2D eigenvalue weighted by molar-refractivity contribution is 5.87. The summed E-state index contributed by atoms with van der Waals surface area (Å²) in [5.41, 5.74) is 1.95. The standard InChI is InChI=1S/C20H27N5O2/c1-14(16-8-10-18(11-9-16)25-13-21-12-22-25)24(3)20(27)19(23-15(2)26)17-6-4-5-7-17/h8-14,17,19H,4-7H2,1-3H3,(H,23,26). The Balaban J connectivity index is 1.73. The Morgan fingerprint density at radius 2 is 1.89 bits per heavy atom. The number of benzene rings is 1. The minimum atomic E-state index is -0.438. The summed E-state index contributed by atoms with van der Waals surface area (Å²) in [5.74, 6) is 0.0502. The van der Waals surface area contributed by atoms with E-state index in [4.69, 9.17) is 0 Å². The molecule has 0 spiro atoms. The summed E-state index contributed by atoms with van der Waals surface area (Å²) in [7, 11) is 1.81. The van der Waals surface area contributed by atoms with Crippen molar-refractivity contribution in [3.8, 4) is 5.69 Å². The van der Waals surface area contributed by atoms with Crippen molar-refractivity contribution in [1.29, 1.82) is 0 Å². The van der Waals surface area contributed by atoms with Crippen LogP contribution in [0.2, 0.25) is 0 Å². The van der Waals surface area contributed by atoms with Gasteiger partial charge in [0.15, 0.2) is 0 Å². The average Bonchev–Trinajstić information content (AvgIpc) is 3.38. The lowest BCUT2D eigenvalue weighted by molar-refractivity contribution is -0.138. The highest BCUT2D eigenvalue weighted by atomic mass is 16.2. The van der Waals surface area contributed by atoms with Crippen molar-refractivity contribution >= 4 is 11.8 Å². The topological polar surface area (TPSA) is 80.1 Å². The second-order valence-electron chi connectivity index (χ2n) is 7.28. The Morgan fingerprint density at radius 3 is 2.44 bits per heavy atom. The van der Waals surface area contributed by atoms with E-state index in [2.05, 4.69) is 15.4 Å². The van der Waals surface area contributed by atoms with Crippen LogP contribution in [0.1, 0.15) is 51.1 Å². The Labute approximate surface area is 159 Å². The largest absolute Gasteiger partial charge is 0.344 e. The number of aromatic nitrogens is 3. The van der Waals surface area contributed by atoms with Gasteiger partial charge in [0, 0.05) is 14.0 Å². The van der Waals surface area contributed by atoms with Crippen LogP contribution in [-0.4, -0.2) is 44.6 Å². The number of hydrogen-bond donors (Lipinski definition) is 1. The molecule has 7 heteroatoms. The third-order valence-corrected chi connectivity index (χ3v) is 5.48. The molecule has 1 aliphatic rings. The maximum Gasteiger partial charge on any atom is 0.245 e. The Kier molecular flexibility index (Phi) is 5.88. The van der Waals surface area contributed by atoms with Crippen molar-refractivity contribution in [1.82, 2.24) is 25.0 Å². The van der Waals surface area contributed by atoms with Crippen molar-refractivity contribution in [3.05, 3.63) is 42.5 Å². The molecule has 1 aromatic heterocycles. The number of likely N-dealkylation sites (N-methyl/N-ethyl adjacent to an activating group) is 1. The molecule has 0 radical (unpaired) electrons. The SMILES string of the molecule is CC(=O)NC(C(=O)N(C)C(C)c1ccc(-n2cncn2)cc1)C1CCCC1. The first-order valence-electron chi connectivity index (χ1n) is 9.46. The van der Waals surface area contributed by atoms with E-state index in [1.54, 1.807) is 15.9 Å². The average molecular weight is 369 g/mol. The molecule has 0 aliphatic heterocycles. The van der Waals surface area contributed by atoms with Crippen LogP contribution in [0.3, 0.4) is 0 Å². The summed E-state index contributed by atoms with van der Waals surface area (Å²) in [5, 5.41) is 7.01. The predicted octanol–water partition coefficient (Wildman–Crippen LogP) is 2.48. The monoisotopic (exact) mass is 369 g/mol. The van der Waals surface area contributed by atoms with Gasteiger partial charge >= 0.3 is 0 Å². The zero-order valence-corrected chi connectivity index (χ0v) is 16.1. The van der Waals surface area contributed by atoms with Gasteiger partial charge in [-0.1, -0.05) is 25.0 Å². The molecule has 7 nitrogen and oxygen atoms in total. The van der Waals surface area contributed by atoms with Gasteiger partial charge in [0.1, 0.15) is 18.7 Å². The summed E-state index contributed by atoms with van der Waals surface area (Å²) in [4.78, 5) is 30.4. The van der Waals surface area contributed by atoms with Crippen LogP contribution in [0.5, 0.6) is 0 Å². The maximum atomic E-state index is 13.1. The molecule has 1 saturated carbocycles. The highest BCUT2D eigenvalue weighted by Crippen LogP contribution is 2.30. The number of carbonyl (C=O) groups is 2. The fourth-order valence-electron chi connectivity index (χ4n) is 3.77. The van der Waals surface area contributed by atoms with Crippen LogP contribution in [0, 0.1) is 5.92 Å². The number of carbonyl (C=O) groups excluding carboxylic acids is 2. The minimum Gasteiger partial charge on any atom is -0.344 e. The third kappa shape index (κ3) is 4.35. The molecule has 0 saturated heterocycles. The molecular weight excluding hydrogens is 342 g/mol. The zero-order valence-electron chi connectivity index (χ0n) is 16.1. The van der Waals surface area contributed by atoms with Crippen molar-refractivity contribution in [3.63, 3.8) is 0 Å². The third-order valence-electron chi connectivity index (χ3n) is 5.48. The molecule has 1 N–H and O–H groups in total. The van der Waals surface area contributed by atoms with Crippen LogP contribution in [-0.2, 0) is 9.59 Å². The number of nitrogens with one attached hydrogen (secondary N) is 1. The number of rotatable bonds is 6. The summed E-state index contributed by atoms with van der Waals surface area (Å²) >= 11 is 0. The molecule has 27 heavy (non-hydrogen) atoms. The van der Waals surface area contributed by atoms with Crippen molar-refractivity contribution in [2.24, 2.45) is 5.92 Å². The van der Waals surface area contributed by atoms with Gasteiger partial charge in [-0.3, -0.25) is 9.59 Å². The molecule has 1 fully saturated rings. The molecule has 2 aromatic rings. The van der Waals surface area contributed by atoms with Gasteiger partial charge in [-0.2, -0.15) is 5.10 Å². The van der Waals surface area contributed by atoms with Crippen LogP contribution >= 0.6 is 0 Å². The molecule has 1 aliphatic carbocycles. The number of hydrogen-bond acceptors (Lipinski definition) is 4. The summed E-state index contributed by atoms with van der Waals surface area (Å²) in [6.45, 7) is 3.48. The van der Waals surface area contributed by atoms with Crippen molar-refractivity contribution in [2.75, 3.05) is 7.05 Å². The normalized spacial score (nSPS) is 16.7. The van der Waals surface area contributed by atoms with E-state index in [1.807, 2.05) is 38.2 Å². The molecule has 1 heterocycles. The predicted molar refractivity (Wildman–Crippen MR) is 102 cm³/mol. The van der Waals surface area contributed by atoms with Gasteiger partial charge in [-0.05, 0) is 43.4 Å². The molecule has 144 valence electrons. The van der Waals surface area contributed by atoms with E-state index in [9.17, 15) is 9.59 Å². The van der Waals surface area contributed by atoms with Gasteiger partial charge in [0.2, 0.25) is 11.8 Å². The second-order valence-corrected chi connectivity index (χ2v) is 7.28. The van der Waals surface area contributed by atoms with Gasteiger partial charge in [0.25, 0.3) is 0 Å². The zero-order chi connectivity index (χ0) is 19.4. The maximum absolute atomic E-state index is 13.1. The first-order chi connectivity index (χ1) is 13.0. The van der Waals surface area contributed by atoms with E-state index < -0.39 is 6.04 Å². The molecule has 2 amide bonds. The summed E-state index contributed by atoms with van der Waals surface area (Å²) in [6, 6.07) is 7.37. The molecule has 0 bridgehead atoms. The quantitative estimate of drug-likeness (QED) is 0.848. The van der Waals surface area contributed by atoms with Crippen LogP contribution in [0.4, 0.5) is 0 Å². The van der Waals surface area contributed by atoms with Gasteiger partial charge < -0.3 is 10.2 Å². The molecule has 2 unspecified atom stereocenters. The Bertz CT molecular complexity index is 766. The lowest BCUT2D eigenvalue weighted by Gasteiger charge is -2.32. The Morgan fingerprint density at radius 1 is 1.22 bits per heavy atom. The van der Waals surface area contributed by atoms with Crippen LogP contribution in [0.25, 0.3) is 5.69 Å². The fraction of sp³-hybridized carbons (Fsp3) is 0.500. The summed E-state index contributed by atoms with van der Waals surface area (Å²) in [6.07, 6.45) is 7.37. The van der Waals surface area contributed by atoms with Gasteiger partial charge in [-0.25, -0.2) is 9.67 Å². The lowest BCUT2D eigenvalue weighted by Crippen LogP contribution is -2.50. The first-order valence-corrected chi connectivity index (χ1v) is 9.46. The van der Waals surface area contributed by atoms with E-state index in [0.717, 1.165) is 36.9 Å². The van der Waals surface area contributed by atoms with Crippen LogP contribution < -0.4 is 5.32 Å². The summed E-state index contributed by atoms with van der Waals surface area (Å²) < 4.78 is 1.69. The minimum absolute atomic E-state index is 0.0232. The van der Waals surface area contributed by atoms with E-state index in [0.29, 0.717) is 0 Å². The Hall–Kier alpha value is -2.70. The first kappa shape index (κ1) is 19.1. The molecule has 2 atom stereocenters. The fourth-order valence-corrected chi connectivity index (χ4v) is 3.77. The van der Waals surface area contributed by atoms with Gasteiger partial charge in [0.05, 0.1) is 11.7 Å². The van der Waals surface area contributed by atoms with Crippen molar-refractivity contribution < 1.29 is 9.59 Å². The van der Waals surface area contributed by atoms with E-state index >= 15 is 0 Å². The molecule has 1 aromatic carbocycles. The second kappa shape index (κ2) is 8.33. The molecule has 3 rings (SSSR count). The molecular formula is C20H27N5O2. The smallest absolute Gasteiger partial charge is 0.245 e. The van der Waals surface area contributed by atoms with Crippen molar-refractivity contribution in [2.45, 2.75) is 51.6 Å². The van der Waals surface area contributed by atoms with E-state index in [-0.39, 0.29) is 23.8 Å². The lowest BCUT2D eigenvalue weighted by atomic mass is 9.95. The van der Waals surface area contributed by atoms with Crippen LogP contribution in [0.15, 0.2) is 36.9 Å². The van der Waals surface area contributed by atoms with Gasteiger partial charge in [-0.15, -0.1) is 0 Å². The van der Waals surface area contributed by atoms with E-state index in [1.165, 1.54) is 13.3 Å². The highest BCUT2D eigenvalue weighted by Gasteiger charge is 2.34. The number of amides is 2. The number of nitrogens with zero attached hydrogens (tertiary/aromatic N) is 4.